The molecule has 2 atom stereocenters. The van der Waals surface area contributed by atoms with Crippen molar-refractivity contribution in [1.29, 1.82) is 0 Å². The van der Waals surface area contributed by atoms with Gasteiger partial charge in [-0.3, -0.25) is 0 Å². The standard InChI is InChI=1S/C15H26O/c1-12-7-8-14(16)13(2)6-5-10-15(3,4)11-9-12/h5,9-10,13-14,16H,6-8,11H2,1-4H3/b10-5+,12-9+. The molecule has 0 radical (unpaired) electrons. The summed E-state index contributed by atoms with van der Waals surface area (Å²) >= 11 is 0. The van der Waals surface area contributed by atoms with Crippen molar-refractivity contribution in [3.8, 4) is 0 Å². The molecule has 0 aromatic heterocycles. The molecule has 16 heavy (non-hydrogen) atoms. The maximum atomic E-state index is 9.98. The molecule has 0 spiro atoms. The van der Waals surface area contributed by atoms with Gasteiger partial charge in [0.1, 0.15) is 0 Å². The van der Waals surface area contributed by atoms with Gasteiger partial charge >= 0.3 is 0 Å². The summed E-state index contributed by atoms with van der Waals surface area (Å²) < 4.78 is 0. The molecule has 0 aromatic carbocycles. The van der Waals surface area contributed by atoms with Crippen molar-refractivity contribution in [2.45, 2.75) is 59.5 Å². The van der Waals surface area contributed by atoms with Crippen molar-refractivity contribution in [3.05, 3.63) is 23.8 Å². The third-order valence-electron chi connectivity index (χ3n) is 3.54. The van der Waals surface area contributed by atoms with Crippen molar-refractivity contribution < 1.29 is 5.11 Å². The first kappa shape index (κ1) is 13.5. The van der Waals surface area contributed by atoms with Gasteiger partial charge in [-0.1, -0.05) is 44.6 Å². The monoisotopic (exact) mass is 222 g/mol. The van der Waals surface area contributed by atoms with Gasteiger partial charge < -0.3 is 5.11 Å². The van der Waals surface area contributed by atoms with Gasteiger partial charge in [0.2, 0.25) is 0 Å². The van der Waals surface area contributed by atoms with E-state index in [-0.39, 0.29) is 11.5 Å². The fourth-order valence-corrected chi connectivity index (χ4v) is 2.03. The third-order valence-corrected chi connectivity index (χ3v) is 3.54. The van der Waals surface area contributed by atoms with Crippen molar-refractivity contribution >= 4 is 0 Å². The number of allylic oxidation sites excluding steroid dienone is 4. The highest BCUT2D eigenvalue weighted by molar-refractivity contribution is 5.06. The normalized spacial score (nSPS) is 36.9. The third kappa shape index (κ3) is 4.52. The topological polar surface area (TPSA) is 20.2 Å². The number of aliphatic hydroxyl groups excluding tert-OH is 1. The fraction of sp³-hybridized carbons (Fsp3) is 0.733. The van der Waals surface area contributed by atoms with Crippen LogP contribution in [0, 0.1) is 11.3 Å². The molecule has 0 saturated heterocycles. The van der Waals surface area contributed by atoms with Gasteiger partial charge in [0, 0.05) is 0 Å². The molecule has 0 saturated carbocycles. The minimum atomic E-state index is -0.158. The Labute approximate surface area is 100 Å². The van der Waals surface area contributed by atoms with Crippen LogP contribution in [-0.2, 0) is 0 Å². The van der Waals surface area contributed by atoms with E-state index in [4.69, 9.17) is 0 Å². The highest BCUT2D eigenvalue weighted by atomic mass is 16.3. The predicted molar refractivity (Wildman–Crippen MR) is 70.3 cm³/mol. The Morgan fingerprint density at radius 2 is 2.06 bits per heavy atom. The highest BCUT2D eigenvalue weighted by Gasteiger charge is 2.16. The lowest BCUT2D eigenvalue weighted by Crippen LogP contribution is -2.16. The lowest BCUT2D eigenvalue weighted by atomic mass is 9.87. The minimum Gasteiger partial charge on any atom is -0.393 e. The summed E-state index contributed by atoms with van der Waals surface area (Å²) in [6.07, 6.45) is 10.7. The Morgan fingerprint density at radius 3 is 2.75 bits per heavy atom. The Hall–Kier alpha value is -0.560. The van der Waals surface area contributed by atoms with Crippen LogP contribution in [0.4, 0.5) is 0 Å². The Balaban J connectivity index is 2.77. The number of rotatable bonds is 0. The van der Waals surface area contributed by atoms with E-state index in [0.29, 0.717) is 5.92 Å². The van der Waals surface area contributed by atoms with E-state index in [1.807, 2.05) is 0 Å². The van der Waals surface area contributed by atoms with Crippen LogP contribution in [0.15, 0.2) is 23.8 Å². The quantitative estimate of drug-likeness (QED) is 0.612. The second-order valence-corrected chi connectivity index (χ2v) is 5.96. The molecule has 1 heteroatoms. The van der Waals surface area contributed by atoms with Gasteiger partial charge in [-0.25, -0.2) is 0 Å². The summed E-state index contributed by atoms with van der Waals surface area (Å²) in [6, 6.07) is 0. The van der Waals surface area contributed by atoms with Crippen LogP contribution in [0.5, 0.6) is 0 Å². The van der Waals surface area contributed by atoms with Gasteiger partial charge in [0.15, 0.2) is 0 Å². The van der Waals surface area contributed by atoms with Crippen LogP contribution < -0.4 is 0 Å². The number of aliphatic hydroxyl groups is 1. The predicted octanol–water partition coefficient (Wildman–Crippen LogP) is 4.09. The van der Waals surface area contributed by atoms with E-state index < -0.39 is 0 Å². The largest absolute Gasteiger partial charge is 0.393 e. The van der Waals surface area contributed by atoms with Crippen LogP contribution >= 0.6 is 0 Å². The molecule has 0 fully saturated rings. The summed E-state index contributed by atoms with van der Waals surface area (Å²) in [5, 5.41) is 9.98. The average Bonchev–Trinajstić information content (AvgIpc) is 2.23. The summed E-state index contributed by atoms with van der Waals surface area (Å²) in [5.41, 5.74) is 1.66. The van der Waals surface area contributed by atoms with Gasteiger partial charge in [0.05, 0.1) is 6.10 Å². The smallest absolute Gasteiger partial charge is 0.0571 e. The Kier molecular flexibility index (Phi) is 4.79. The van der Waals surface area contributed by atoms with E-state index in [9.17, 15) is 5.11 Å². The zero-order valence-electron chi connectivity index (χ0n) is 11.2. The molecule has 92 valence electrons. The molecular formula is C15H26O. The van der Waals surface area contributed by atoms with Crippen LogP contribution in [0.2, 0.25) is 0 Å². The first-order valence-electron chi connectivity index (χ1n) is 6.42. The van der Waals surface area contributed by atoms with Crippen molar-refractivity contribution in [1.82, 2.24) is 0 Å². The first-order valence-corrected chi connectivity index (χ1v) is 6.42. The molecule has 1 N–H and O–H groups in total. The zero-order chi connectivity index (χ0) is 12.2. The van der Waals surface area contributed by atoms with Crippen LogP contribution in [0.3, 0.4) is 0 Å². The van der Waals surface area contributed by atoms with Crippen LogP contribution in [-0.4, -0.2) is 11.2 Å². The van der Waals surface area contributed by atoms with E-state index in [0.717, 1.165) is 25.7 Å². The molecule has 0 heterocycles. The van der Waals surface area contributed by atoms with Crippen LogP contribution in [0.1, 0.15) is 53.4 Å². The summed E-state index contributed by atoms with van der Waals surface area (Å²) in [5.74, 6) is 0.373. The average molecular weight is 222 g/mol. The zero-order valence-corrected chi connectivity index (χ0v) is 11.2. The maximum Gasteiger partial charge on any atom is 0.0571 e. The van der Waals surface area contributed by atoms with E-state index in [1.54, 1.807) is 0 Å². The van der Waals surface area contributed by atoms with E-state index in [2.05, 4.69) is 45.9 Å². The molecule has 2 unspecified atom stereocenters. The molecule has 0 bridgehead atoms. The van der Waals surface area contributed by atoms with E-state index in [1.165, 1.54) is 5.57 Å². The summed E-state index contributed by atoms with van der Waals surface area (Å²) in [6.45, 7) is 8.85. The molecule has 0 aromatic rings. The molecule has 1 rings (SSSR count). The SMILES string of the molecule is C/C1=C\CC(C)(C)/C=C/CC(C)C(O)CC1. The molecule has 1 aliphatic rings. The lowest BCUT2D eigenvalue weighted by molar-refractivity contribution is 0.109. The second kappa shape index (κ2) is 5.67. The Bertz CT molecular complexity index is 273. The Morgan fingerprint density at radius 1 is 1.38 bits per heavy atom. The number of hydrogen-bond acceptors (Lipinski definition) is 1. The van der Waals surface area contributed by atoms with Crippen molar-refractivity contribution in [3.63, 3.8) is 0 Å². The summed E-state index contributed by atoms with van der Waals surface area (Å²) in [7, 11) is 0. The van der Waals surface area contributed by atoms with Gasteiger partial charge in [-0.2, -0.15) is 0 Å². The van der Waals surface area contributed by atoms with Gasteiger partial charge in [-0.15, -0.1) is 0 Å². The highest BCUT2D eigenvalue weighted by Crippen LogP contribution is 2.27. The maximum absolute atomic E-state index is 9.98. The lowest BCUT2D eigenvalue weighted by Gasteiger charge is -2.18. The fourth-order valence-electron chi connectivity index (χ4n) is 2.03. The second-order valence-electron chi connectivity index (χ2n) is 5.96. The minimum absolute atomic E-state index is 0.158. The molecule has 0 aliphatic heterocycles. The molecule has 1 nitrogen and oxygen atoms in total. The van der Waals surface area contributed by atoms with E-state index >= 15 is 0 Å². The van der Waals surface area contributed by atoms with Gasteiger partial charge in [0.25, 0.3) is 0 Å². The molecule has 1 aliphatic carbocycles. The first-order chi connectivity index (χ1) is 7.41. The molecular weight excluding hydrogens is 196 g/mol. The number of hydrogen-bond donors (Lipinski definition) is 1. The summed E-state index contributed by atoms with van der Waals surface area (Å²) in [4.78, 5) is 0. The molecule has 0 amide bonds. The van der Waals surface area contributed by atoms with Crippen molar-refractivity contribution in [2.75, 3.05) is 0 Å². The van der Waals surface area contributed by atoms with Gasteiger partial charge in [-0.05, 0) is 43.9 Å². The van der Waals surface area contributed by atoms with Crippen molar-refractivity contribution in [2.24, 2.45) is 11.3 Å². The van der Waals surface area contributed by atoms with Crippen LogP contribution in [0.25, 0.3) is 0 Å².